The Kier molecular flexibility index (Phi) is 5.06. The Morgan fingerprint density at radius 1 is 1.21 bits per heavy atom. The van der Waals surface area contributed by atoms with E-state index in [4.69, 9.17) is 4.42 Å². The molecule has 0 radical (unpaired) electrons. The van der Waals surface area contributed by atoms with E-state index in [1.807, 2.05) is 37.4 Å². The zero-order chi connectivity index (χ0) is 17.2. The van der Waals surface area contributed by atoms with Crippen molar-refractivity contribution >= 4 is 9.84 Å². The van der Waals surface area contributed by atoms with Crippen LogP contribution in [0.3, 0.4) is 0 Å². The van der Waals surface area contributed by atoms with Crippen LogP contribution >= 0.6 is 0 Å². The summed E-state index contributed by atoms with van der Waals surface area (Å²) in [5, 5.41) is -0.292. The Labute approximate surface area is 143 Å². The van der Waals surface area contributed by atoms with Gasteiger partial charge >= 0.3 is 0 Å². The highest BCUT2D eigenvalue weighted by Crippen LogP contribution is 2.28. The molecule has 1 fully saturated rings. The summed E-state index contributed by atoms with van der Waals surface area (Å²) in [6.45, 7) is 0.517. The van der Waals surface area contributed by atoms with E-state index in [0.29, 0.717) is 12.4 Å². The highest BCUT2D eigenvalue weighted by Gasteiger charge is 2.35. The van der Waals surface area contributed by atoms with Gasteiger partial charge in [0.2, 0.25) is 5.89 Å². The molecule has 0 aliphatic heterocycles. The summed E-state index contributed by atoms with van der Waals surface area (Å²) in [6, 6.07) is 9.87. The van der Waals surface area contributed by atoms with E-state index >= 15 is 0 Å². The number of rotatable bonds is 5. The first kappa shape index (κ1) is 17.2. The number of nitrogens with zero attached hydrogens (tertiary/aromatic N) is 2. The molecule has 0 saturated heterocycles. The van der Waals surface area contributed by atoms with Gasteiger partial charge in [-0.3, -0.25) is 4.90 Å². The van der Waals surface area contributed by atoms with E-state index in [1.54, 1.807) is 6.20 Å². The fourth-order valence-corrected chi connectivity index (χ4v) is 5.04. The molecule has 1 aromatic carbocycles. The molecule has 3 rings (SSSR count). The highest BCUT2D eigenvalue weighted by atomic mass is 32.2. The standard InChI is InChI=1S/C18H24N2O3S/c1-20(15-10-6-7-11-17(15)24(2,21)22)13-18-19-12-16(23-18)14-8-4-3-5-9-14/h3-5,8-9,12,15,17H,6-7,10-11,13H2,1-2H3/t15-,17-/m1/s1. The van der Waals surface area contributed by atoms with Crippen molar-refractivity contribution in [1.29, 1.82) is 0 Å². The predicted octanol–water partition coefficient (Wildman–Crippen LogP) is 3.13. The molecule has 130 valence electrons. The second-order valence-electron chi connectivity index (χ2n) is 6.62. The number of sulfone groups is 1. The maximum atomic E-state index is 12.1. The quantitative estimate of drug-likeness (QED) is 0.831. The molecule has 0 N–H and O–H groups in total. The molecule has 1 aliphatic carbocycles. The van der Waals surface area contributed by atoms with Gasteiger partial charge < -0.3 is 4.42 Å². The molecular formula is C18H24N2O3S. The van der Waals surface area contributed by atoms with Gasteiger partial charge in [0, 0.05) is 17.9 Å². The number of benzene rings is 1. The smallest absolute Gasteiger partial charge is 0.209 e. The van der Waals surface area contributed by atoms with Crippen LogP contribution in [0.25, 0.3) is 11.3 Å². The predicted molar refractivity (Wildman–Crippen MR) is 94.3 cm³/mol. The van der Waals surface area contributed by atoms with E-state index in [9.17, 15) is 8.42 Å². The largest absolute Gasteiger partial charge is 0.439 e. The summed E-state index contributed by atoms with van der Waals surface area (Å²) in [6.07, 6.45) is 6.78. The van der Waals surface area contributed by atoms with Crippen LogP contribution in [-0.4, -0.2) is 42.9 Å². The summed E-state index contributed by atoms with van der Waals surface area (Å²) in [4.78, 5) is 6.43. The van der Waals surface area contributed by atoms with Crippen LogP contribution < -0.4 is 0 Å². The van der Waals surface area contributed by atoms with Gasteiger partial charge in [-0.25, -0.2) is 13.4 Å². The van der Waals surface area contributed by atoms with Crippen molar-refractivity contribution in [3.8, 4) is 11.3 Å². The van der Waals surface area contributed by atoms with E-state index in [-0.39, 0.29) is 11.3 Å². The van der Waals surface area contributed by atoms with E-state index in [0.717, 1.165) is 37.0 Å². The molecule has 0 bridgehead atoms. The third-order valence-corrected chi connectivity index (χ3v) is 6.43. The minimum atomic E-state index is -3.04. The fourth-order valence-electron chi connectivity index (χ4n) is 3.53. The van der Waals surface area contributed by atoms with Gasteiger partial charge in [0.25, 0.3) is 0 Å². The van der Waals surface area contributed by atoms with Crippen LogP contribution in [0.4, 0.5) is 0 Å². The van der Waals surface area contributed by atoms with Crippen LogP contribution in [-0.2, 0) is 16.4 Å². The van der Waals surface area contributed by atoms with Crippen molar-refractivity contribution < 1.29 is 12.8 Å². The van der Waals surface area contributed by atoms with Crippen molar-refractivity contribution in [3.63, 3.8) is 0 Å². The lowest BCUT2D eigenvalue weighted by atomic mass is 9.94. The normalized spacial score (nSPS) is 22.0. The molecular weight excluding hydrogens is 324 g/mol. The lowest BCUT2D eigenvalue weighted by Crippen LogP contribution is -2.46. The van der Waals surface area contributed by atoms with Gasteiger partial charge in [-0.2, -0.15) is 0 Å². The molecule has 24 heavy (non-hydrogen) atoms. The molecule has 2 atom stereocenters. The highest BCUT2D eigenvalue weighted by molar-refractivity contribution is 7.91. The van der Waals surface area contributed by atoms with Crippen molar-refractivity contribution in [1.82, 2.24) is 9.88 Å². The summed E-state index contributed by atoms with van der Waals surface area (Å²) in [5.41, 5.74) is 0.991. The van der Waals surface area contributed by atoms with Gasteiger partial charge in [0.1, 0.15) is 0 Å². The Balaban J connectivity index is 1.72. The number of hydrogen-bond acceptors (Lipinski definition) is 5. The van der Waals surface area contributed by atoms with E-state index < -0.39 is 9.84 Å². The number of aromatic nitrogens is 1. The van der Waals surface area contributed by atoms with Crippen molar-refractivity contribution in [3.05, 3.63) is 42.4 Å². The van der Waals surface area contributed by atoms with Gasteiger partial charge in [0.15, 0.2) is 15.6 Å². The lowest BCUT2D eigenvalue weighted by Gasteiger charge is -2.36. The second-order valence-corrected chi connectivity index (χ2v) is 8.88. The van der Waals surface area contributed by atoms with Crippen molar-refractivity contribution in [2.75, 3.05) is 13.3 Å². The minimum Gasteiger partial charge on any atom is -0.439 e. The Morgan fingerprint density at radius 3 is 2.62 bits per heavy atom. The first-order valence-corrected chi connectivity index (χ1v) is 10.3. The third-order valence-electron chi connectivity index (χ3n) is 4.78. The van der Waals surface area contributed by atoms with Crippen LogP contribution in [0, 0.1) is 0 Å². The van der Waals surface area contributed by atoms with E-state index in [2.05, 4.69) is 9.88 Å². The number of oxazole rings is 1. The zero-order valence-corrected chi connectivity index (χ0v) is 15.0. The molecule has 1 aliphatic rings. The topological polar surface area (TPSA) is 63.4 Å². The first-order chi connectivity index (χ1) is 11.4. The molecule has 0 amide bonds. The minimum absolute atomic E-state index is 0.0285. The molecule has 1 heterocycles. The van der Waals surface area contributed by atoms with Crippen LogP contribution in [0.2, 0.25) is 0 Å². The molecule has 6 heteroatoms. The lowest BCUT2D eigenvalue weighted by molar-refractivity contribution is 0.173. The monoisotopic (exact) mass is 348 g/mol. The van der Waals surface area contributed by atoms with Crippen LogP contribution in [0.5, 0.6) is 0 Å². The molecule has 5 nitrogen and oxygen atoms in total. The molecule has 2 aromatic rings. The average molecular weight is 348 g/mol. The fraction of sp³-hybridized carbons (Fsp3) is 0.500. The second kappa shape index (κ2) is 7.07. The summed E-state index contributed by atoms with van der Waals surface area (Å²) >= 11 is 0. The molecule has 1 saturated carbocycles. The maximum Gasteiger partial charge on any atom is 0.209 e. The molecule has 0 unspecified atom stereocenters. The molecule has 1 aromatic heterocycles. The Bertz CT molecular complexity index is 771. The summed E-state index contributed by atoms with van der Waals surface area (Å²) in [5.74, 6) is 1.36. The zero-order valence-electron chi connectivity index (χ0n) is 14.2. The Morgan fingerprint density at radius 2 is 1.92 bits per heavy atom. The number of hydrogen-bond donors (Lipinski definition) is 0. The van der Waals surface area contributed by atoms with Gasteiger partial charge in [-0.15, -0.1) is 0 Å². The van der Waals surface area contributed by atoms with Crippen LogP contribution in [0.15, 0.2) is 40.9 Å². The maximum absolute atomic E-state index is 12.1. The summed E-state index contributed by atoms with van der Waals surface area (Å²) < 4.78 is 30.0. The van der Waals surface area contributed by atoms with Gasteiger partial charge in [0.05, 0.1) is 18.0 Å². The molecule has 0 spiro atoms. The third kappa shape index (κ3) is 3.87. The first-order valence-electron chi connectivity index (χ1n) is 8.34. The van der Waals surface area contributed by atoms with Crippen molar-refractivity contribution in [2.45, 2.75) is 43.5 Å². The van der Waals surface area contributed by atoms with Crippen molar-refractivity contribution in [2.24, 2.45) is 0 Å². The van der Waals surface area contributed by atoms with Gasteiger partial charge in [-0.1, -0.05) is 43.2 Å². The average Bonchev–Trinajstić information content (AvgIpc) is 3.03. The van der Waals surface area contributed by atoms with Gasteiger partial charge in [-0.05, 0) is 19.9 Å². The SMILES string of the molecule is CN(Cc1ncc(-c2ccccc2)o1)[C@@H]1CCCC[C@H]1S(C)(=O)=O. The Hall–Kier alpha value is -1.66. The summed E-state index contributed by atoms with van der Waals surface area (Å²) in [7, 11) is -1.08. The van der Waals surface area contributed by atoms with E-state index in [1.165, 1.54) is 6.26 Å². The van der Waals surface area contributed by atoms with Crippen LogP contribution in [0.1, 0.15) is 31.6 Å².